The van der Waals surface area contributed by atoms with Crippen molar-refractivity contribution in [3.63, 3.8) is 0 Å². The van der Waals surface area contributed by atoms with Gasteiger partial charge in [-0.05, 0) is 35.6 Å². The summed E-state index contributed by atoms with van der Waals surface area (Å²) in [6, 6.07) is 11.9. The van der Waals surface area contributed by atoms with Gasteiger partial charge in [0.2, 0.25) is 5.91 Å². The SMILES string of the molecule is O=C(NC1CCCCC1)N1CC(=O)N2[C@H](CO)[C@@H](c3ccc(-c4cccnc4)cc3)[C@@H]2C1. The van der Waals surface area contributed by atoms with Crippen LogP contribution in [0.2, 0.25) is 0 Å². The molecule has 1 aliphatic carbocycles. The molecule has 168 valence electrons. The van der Waals surface area contributed by atoms with Gasteiger partial charge in [0.25, 0.3) is 0 Å². The third-order valence-corrected chi connectivity index (χ3v) is 7.26. The van der Waals surface area contributed by atoms with Gasteiger partial charge in [-0.3, -0.25) is 9.78 Å². The molecule has 3 atom stereocenters. The van der Waals surface area contributed by atoms with E-state index >= 15 is 0 Å². The fourth-order valence-corrected chi connectivity index (χ4v) is 5.60. The lowest BCUT2D eigenvalue weighted by molar-refractivity contribution is -0.159. The lowest BCUT2D eigenvalue weighted by Gasteiger charge is -2.58. The summed E-state index contributed by atoms with van der Waals surface area (Å²) in [6.45, 7) is 0.500. The predicted octanol–water partition coefficient (Wildman–Crippen LogP) is 2.76. The number of hydrogen-bond donors (Lipinski definition) is 2. The average Bonchev–Trinajstić information content (AvgIpc) is 2.82. The first-order valence-electron chi connectivity index (χ1n) is 11.6. The largest absolute Gasteiger partial charge is 0.394 e. The van der Waals surface area contributed by atoms with Crippen molar-refractivity contribution in [3.8, 4) is 11.1 Å². The highest BCUT2D eigenvalue weighted by Gasteiger charge is 2.54. The lowest BCUT2D eigenvalue weighted by atomic mass is 9.73. The van der Waals surface area contributed by atoms with Crippen LogP contribution in [0, 0.1) is 0 Å². The topological polar surface area (TPSA) is 85.8 Å². The molecule has 3 fully saturated rings. The molecule has 1 saturated carbocycles. The molecule has 0 bridgehead atoms. The van der Waals surface area contributed by atoms with Crippen molar-refractivity contribution in [2.24, 2.45) is 0 Å². The third kappa shape index (κ3) is 3.86. The van der Waals surface area contributed by atoms with Crippen LogP contribution in [-0.2, 0) is 4.79 Å². The van der Waals surface area contributed by atoms with Crippen molar-refractivity contribution in [3.05, 3.63) is 54.4 Å². The highest BCUT2D eigenvalue weighted by Crippen LogP contribution is 2.43. The van der Waals surface area contributed by atoms with Gasteiger partial charge < -0.3 is 20.2 Å². The number of aromatic nitrogens is 1. The number of carbonyl (C=O) groups is 2. The number of hydrogen-bond acceptors (Lipinski definition) is 4. The van der Waals surface area contributed by atoms with Gasteiger partial charge in [-0.15, -0.1) is 0 Å². The van der Waals surface area contributed by atoms with Crippen molar-refractivity contribution in [2.45, 2.75) is 56.1 Å². The molecule has 1 aromatic heterocycles. The van der Waals surface area contributed by atoms with Crippen LogP contribution in [0.25, 0.3) is 11.1 Å². The number of aliphatic hydroxyl groups is 1. The van der Waals surface area contributed by atoms with Crippen LogP contribution in [0.5, 0.6) is 0 Å². The van der Waals surface area contributed by atoms with E-state index in [2.05, 4.69) is 34.6 Å². The molecule has 32 heavy (non-hydrogen) atoms. The zero-order valence-electron chi connectivity index (χ0n) is 18.2. The Morgan fingerprint density at radius 2 is 1.88 bits per heavy atom. The number of benzene rings is 1. The number of nitrogens with zero attached hydrogens (tertiary/aromatic N) is 3. The Morgan fingerprint density at radius 1 is 1.09 bits per heavy atom. The first-order valence-corrected chi connectivity index (χ1v) is 11.6. The number of rotatable bonds is 4. The third-order valence-electron chi connectivity index (χ3n) is 7.26. The van der Waals surface area contributed by atoms with Crippen LogP contribution in [-0.4, -0.2) is 69.7 Å². The molecule has 5 rings (SSSR count). The molecule has 3 heterocycles. The van der Waals surface area contributed by atoms with Gasteiger partial charge in [0.05, 0.1) is 18.7 Å². The Bertz CT molecular complexity index is 959. The van der Waals surface area contributed by atoms with E-state index in [4.69, 9.17) is 0 Å². The Balaban J connectivity index is 1.31. The second-order valence-corrected chi connectivity index (χ2v) is 9.17. The van der Waals surface area contributed by atoms with Gasteiger partial charge in [-0.25, -0.2) is 4.79 Å². The minimum atomic E-state index is -0.236. The van der Waals surface area contributed by atoms with Crippen molar-refractivity contribution < 1.29 is 14.7 Å². The van der Waals surface area contributed by atoms with Gasteiger partial charge in [0.1, 0.15) is 6.54 Å². The molecule has 7 heteroatoms. The van der Waals surface area contributed by atoms with E-state index in [0.717, 1.165) is 42.4 Å². The van der Waals surface area contributed by atoms with Crippen molar-refractivity contribution in [1.29, 1.82) is 0 Å². The maximum Gasteiger partial charge on any atom is 0.318 e. The Labute approximate surface area is 188 Å². The fourth-order valence-electron chi connectivity index (χ4n) is 5.60. The highest BCUT2D eigenvalue weighted by molar-refractivity contribution is 5.87. The van der Waals surface area contributed by atoms with E-state index in [1.54, 1.807) is 16.0 Å². The fraction of sp³-hybridized carbons (Fsp3) is 0.480. The quantitative estimate of drug-likeness (QED) is 0.775. The Morgan fingerprint density at radius 3 is 2.56 bits per heavy atom. The van der Waals surface area contributed by atoms with Gasteiger partial charge in [0.15, 0.2) is 0 Å². The maximum absolute atomic E-state index is 12.9. The first-order chi connectivity index (χ1) is 15.7. The van der Waals surface area contributed by atoms with Crippen LogP contribution >= 0.6 is 0 Å². The van der Waals surface area contributed by atoms with E-state index in [0.29, 0.717) is 6.54 Å². The first kappa shape index (κ1) is 20.9. The number of carbonyl (C=O) groups excluding carboxylic acids is 2. The number of nitrogens with one attached hydrogen (secondary N) is 1. The lowest BCUT2D eigenvalue weighted by Crippen LogP contribution is -2.74. The number of piperazine rings is 1. The summed E-state index contributed by atoms with van der Waals surface area (Å²) in [6.07, 6.45) is 9.14. The Kier molecular flexibility index (Phi) is 5.83. The number of amides is 3. The van der Waals surface area contributed by atoms with Crippen molar-refractivity contribution in [2.75, 3.05) is 19.7 Å². The van der Waals surface area contributed by atoms with Crippen molar-refractivity contribution >= 4 is 11.9 Å². The van der Waals surface area contributed by atoms with Gasteiger partial charge in [-0.1, -0.05) is 49.6 Å². The van der Waals surface area contributed by atoms with Crippen LogP contribution < -0.4 is 5.32 Å². The summed E-state index contributed by atoms with van der Waals surface area (Å²) in [5.41, 5.74) is 3.21. The van der Waals surface area contributed by atoms with Gasteiger partial charge >= 0.3 is 6.03 Å². The summed E-state index contributed by atoms with van der Waals surface area (Å²) < 4.78 is 0. The van der Waals surface area contributed by atoms with Crippen LogP contribution in [0.1, 0.15) is 43.6 Å². The molecule has 2 aliphatic heterocycles. The highest BCUT2D eigenvalue weighted by atomic mass is 16.3. The molecule has 0 spiro atoms. The normalized spacial score (nSPS) is 25.8. The number of pyridine rings is 1. The monoisotopic (exact) mass is 434 g/mol. The van der Waals surface area contributed by atoms with E-state index < -0.39 is 0 Å². The predicted molar refractivity (Wildman–Crippen MR) is 121 cm³/mol. The molecule has 2 N–H and O–H groups in total. The minimum absolute atomic E-state index is 0.0113. The van der Waals surface area contributed by atoms with Crippen molar-refractivity contribution in [1.82, 2.24) is 20.1 Å². The van der Waals surface area contributed by atoms with Gasteiger partial charge in [-0.2, -0.15) is 0 Å². The maximum atomic E-state index is 12.9. The molecule has 0 radical (unpaired) electrons. The standard InChI is InChI=1S/C25H30N4O3/c30-16-22-24(18-10-8-17(9-11-18)19-5-4-12-26-13-19)21-14-28(15-23(31)29(21)22)25(32)27-20-6-2-1-3-7-20/h4-5,8-13,20-22,24,30H,1-3,6-7,14-16H2,(H,27,32)/t21-,22+,24-/m0/s1. The van der Waals surface area contributed by atoms with Crippen LogP contribution in [0.15, 0.2) is 48.8 Å². The van der Waals surface area contributed by atoms with E-state index in [1.165, 1.54) is 6.42 Å². The second-order valence-electron chi connectivity index (χ2n) is 9.17. The van der Waals surface area contributed by atoms with E-state index in [1.807, 2.05) is 18.3 Å². The second kappa shape index (κ2) is 8.90. The zero-order valence-corrected chi connectivity index (χ0v) is 18.2. The summed E-state index contributed by atoms with van der Waals surface area (Å²) in [7, 11) is 0. The summed E-state index contributed by atoms with van der Waals surface area (Å²) in [5.74, 6) is -0.0699. The molecule has 2 saturated heterocycles. The molecule has 3 aliphatic rings. The summed E-state index contributed by atoms with van der Waals surface area (Å²) in [5, 5.41) is 13.1. The molecule has 2 aromatic rings. The van der Waals surface area contributed by atoms with E-state index in [9.17, 15) is 14.7 Å². The zero-order chi connectivity index (χ0) is 22.1. The molecular weight excluding hydrogens is 404 g/mol. The average molecular weight is 435 g/mol. The molecule has 7 nitrogen and oxygen atoms in total. The summed E-state index contributed by atoms with van der Waals surface area (Å²) in [4.78, 5) is 33.3. The number of aliphatic hydroxyl groups excluding tert-OH is 1. The summed E-state index contributed by atoms with van der Waals surface area (Å²) >= 11 is 0. The molecule has 0 unspecified atom stereocenters. The smallest absolute Gasteiger partial charge is 0.318 e. The molecular formula is C25H30N4O3. The number of urea groups is 1. The van der Waals surface area contributed by atoms with Crippen LogP contribution in [0.4, 0.5) is 4.79 Å². The molecule has 1 aromatic carbocycles. The number of fused-ring (bicyclic) bond motifs is 1. The molecule has 3 amide bonds. The van der Waals surface area contributed by atoms with Crippen LogP contribution in [0.3, 0.4) is 0 Å². The van der Waals surface area contributed by atoms with Gasteiger partial charge in [0, 0.05) is 30.9 Å². The Hall–Kier alpha value is -2.93. The minimum Gasteiger partial charge on any atom is -0.394 e. The van der Waals surface area contributed by atoms with E-state index in [-0.39, 0.29) is 49.1 Å².